The predicted molar refractivity (Wildman–Crippen MR) is 102 cm³/mol. The lowest BCUT2D eigenvalue weighted by molar-refractivity contribution is 0.312. The highest BCUT2D eigenvalue weighted by Gasteiger charge is 2.15. The molecule has 0 saturated carbocycles. The second-order valence-corrected chi connectivity index (χ2v) is 6.69. The van der Waals surface area contributed by atoms with Crippen LogP contribution < -0.4 is 15.0 Å². The van der Waals surface area contributed by atoms with Crippen molar-refractivity contribution in [3.63, 3.8) is 0 Å². The second-order valence-electron chi connectivity index (χ2n) is 6.69. The van der Waals surface area contributed by atoms with Crippen molar-refractivity contribution < 1.29 is 4.74 Å². The Balaban J connectivity index is 1.58. The van der Waals surface area contributed by atoms with E-state index in [9.17, 15) is 0 Å². The van der Waals surface area contributed by atoms with Gasteiger partial charge in [0.15, 0.2) is 0 Å². The van der Waals surface area contributed by atoms with Crippen LogP contribution in [0.5, 0.6) is 5.75 Å². The highest BCUT2D eigenvalue weighted by atomic mass is 16.5. The summed E-state index contributed by atoms with van der Waals surface area (Å²) in [5, 5.41) is 3.59. The van der Waals surface area contributed by atoms with Crippen molar-refractivity contribution in [1.82, 2.24) is 15.2 Å². The zero-order chi connectivity index (χ0) is 17.6. The smallest absolute Gasteiger partial charge is 0.128 e. The molecule has 0 spiro atoms. The van der Waals surface area contributed by atoms with E-state index in [1.165, 1.54) is 11.1 Å². The van der Waals surface area contributed by atoms with Gasteiger partial charge in [0.1, 0.15) is 11.6 Å². The molecule has 134 valence electrons. The maximum absolute atomic E-state index is 5.22. The highest BCUT2D eigenvalue weighted by Crippen LogP contribution is 2.19. The molecule has 1 atom stereocenters. The van der Waals surface area contributed by atoms with Crippen molar-refractivity contribution in [2.24, 2.45) is 0 Å². The van der Waals surface area contributed by atoms with Gasteiger partial charge in [-0.1, -0.05) is 12.1 Å². The normalized spacial score (nSPS) is 16.7. The Bertz CT molecular complexity index is 666. The van der Waals surface area contributed by atoms with Gasteiger partial charge in [0.25, 0.3) is 0 Å². The van der Waals surface area contributed by atoms with Gasteiger partial charge in [-0.2, -0.15) is 0 Å². The average Bonchev–Trinajstić information content (AvgIpc) is 2.67. The first-order valence-corrected chi connectivity index (χ1v) is 8.91. The van der Waals surface area contributed by atoms with Crippen LogP contribution in [0.2, 0.25) is 0 Å². The molecule has 0 unspecified atom stereocenters. The number of piperazine rings is 1. The van der Waals surface area contributed by atoms with Gasteiger partial charge < -0.3 is 19.9 Å². The molecule has 1 aromatic heterocycles. The minimum Gasteiger partial charge on any atom is -0.497 e. The van der Waals surface area contributed by atoms with E-state index in [0.29, 0.717) is 0 Å². The van der Waals surface area contributed by atoms with Gasteiger partial charge in [-0.05, 0) is 49.4 Å². The number of rotatable bonds is 6. The van der Waals surface area contributed by atoms with Crippen molar-refractivity contribution in [2.75, 3.05) is 45.2 Å². The molecule has 5 heteroatoms. The van der Waals surface area contributed by atoms with Gasteiger partial charge in [-0.3, -0.25) is 0 Å². The summed E-state index contributed by atoms with van der Waals surface area (Å²) < 4.78 is 5.22. The molecule has 0 amide bonds. The minimum absolute atomic E-state index is 0.283. The monoisotopic (exact) mass is 340 g/mol. The Hall–Kier alpha value is -2.11. The summed E-state index contributed by atoms with van der Waals surface area (Å²) in [5.74, 6) is 1.98. The van der Waals surface area contributed by atoms with Crippen molar-refractivity contribution in [1.29, 1.82) is 0 Å². The van der Waals surface area contributed by atoms with Gasteiger partial charge in [-0.25, -0.2) is 4.98 Å². The van der Waals surface area contributed by atoms with Crippen molar-refractivity contribution in [2.45, 2.75) is 19.5 Å². The number of hydrogen-bond donors (Lipinski definition) is 1. The van der Waals surface area contributed by atoms with Crippen LogP contribution in [-0.4, -0.2) is 50.2 Å². The molecule has 1 fully saturated rings. The number of ether oxygens (including phenoxy) is 1. The van der Waals surface area contributed by atoms with Crippen molar-refractivity contribution in [3.05, 3.63) is 53.7 Å². The summed E-state index contributed by atoms with van der Waals surface area (Å²) in [4.78, 5) is 9.29. The van der Waals surface area contributed by atoms with Gasteiger partial charge in [0.2, 0.25) is 0 Å². The molecule has 2 aromatic rings. The first-order chi connectivity index (χ1) is 12.2. The number of nitrogens with one attached hydrogen (secondary N) is 1. The Kier molecular flexibility index (Phi) is 5.89. The third-order valence-corrected chi connectivity index (χ3v) is 4.87. The van der Waals surface area contributed by atoms with E-state index in [0.717, 1.165) is 44.3 Å². The third kappa shape index (κ3) is 4.71. The van der Waals surface area contributed by atoms with Crippen molar-refractivity contribution in [3.8, 4) is 5.75 Å². The summed E-state index contributed by atoms with van der Waals surface area (Å²) in [6.45, 7) is 7.30. The van der Waals surface area contributed by atoms with Crippen molar-refractivity contribution >= 4 is 5.82 Å². The van der Waals surface area contributed by atoms with E-state index in [-0.39, 0.29) is 6.04 Å². The van der Waals surface area contributed by atoms with Crippen LogP contribution in [0.3, 0.4) is 0 Å². The molecular formula is C20H28N4O. The molecule has 1 saturated heterocycles. The van der Waals surface area contributed by atoms with E-state index in [1.54, 1.807) is 7.11 Å². The molecular weight excluding hydrogens is 312 g/mol. The molecule has 0 bridgehead atoms. The SMILES string of the molecule is COc1ccc([C@H](C)NCc2ccnc(N3CCN(C)CC3)c2)cc1. The van der Waals surface area contributed by atoms with Crippen LogP contribution in [0.4, 0.5) is 5.82 Å². The number of methoxy groups -OCH3 is 1. The van der Waals surface area contributed by atoms with Crippen LogP contribution in [0.1, 0.15) is 24.1 Å². The van der Waals surface area contributed by atoms with E-state index in [2.05, 4.69) is 58.3 Å². The highest BCUT2D eigenvalue weighted by molar-refractivity contribution is 5.41. The summed E-state index contributed by atoms with van der Waals surface area (Å²) in [6, 6.07) is 12.8. The summed E-state index contributed by atoms with van der Waals surface area (Å²) in [5.41, 5.74) is 2.53. The Morgan fingerprint density at radius 3 is 2.52 bits per heavy atom. The predicted octanol–water partition coefficient (Wildman–Crippen LogP) is 2.69. The number of benzene rings is 1. The fourth-order valence-corrected chi connectivity index (χ4v) is 3.06. The fourth-order valence-electron chi connectivity index (χ4n) is 3.06. The molecule has 1 aromatic carbocycles. The summed E-state index contributed by atoms with van der Waals surface area (Å²) in [7, 11) is 3.86. The molecule has 0 aliphatic carbocycles. The maximum atomic E-state index is 5.22. The van der Waals surface area contributed by atoms with Crippen LogP contribution in [0, 0.1) is 0 Å². The Morgan fingerprint density at radius 1 is 1.12 bits per heavy atom. The number of likely N-dealkylation sites (N-methyl/N-ethyl adjacent to an activating group) is 1. The van der Waals surface area contributed by atoms with E-state index >= 15 is 0 Å². The molecule has 1 N–H and O–H groups in total. The van der Waals surface area contributed by atoms with E-state index in [1.807, 2.05) is 18.3 Å². The molecule has 2 heterocycles. The molecule has 0 radical (unpaired) electrons. The first-order valence-electron chi connectivity index (χ1n) is 8.91. The Morgan fingerprint density at radius 2 is 1.84 bits per heavy atom. The quantitative estimate of drug-likeness (QED) is 0.875. The van der Waals surface area contributed by atoms with E-state index in [4.69, 9.17) is 4.74 Å². The number of nitrogens with zero attached hydrogens (tertiary/aromatic N) is 3. The number of anilines is 1. The molecule has 1 aliphatic heterocycles. The zero-order valence-corrected chi connectivity index (χ0v) is 15.4. The lowest BCUT2D eigenvalue weighted by Crippen LogP contribution is -2.44. The summed E-state index contributed by atoms with van der Waals surface area (Å²) >= 11 is 0. The lowest BCUT2D eigenvalue weighted by atomic mass is 10.1. The first kappa shape index (κ1) is 17.7. The number of pyridine rings is 1. The van der Waals surface area contributed by atoms with Gasteiger partial charge >= 0.3 is 0 Å². The molecule has 25 heavy (non-hydrogen) atoms. The summed E-state index contributed by atoms with van der Waals surface area (Å²) in [6.07, 6.45) is 1.92. The largest absolute Gasteiger partial charge is 0.497 e. The van der Waals surface area contributed by atoms with Crippen LogP contribution >= 0.6 is 0 Å². The topological polar surface area (TPSA) is 40.6 Å². The molecule has 1 aliphatic rings. The number of hydrogen-bond acceptors (Lipinski definition) is 5. The van der Waals surface area contributed by atoms with Crippen LogP contribution in [0.25, 0.3) is 0 Å². The standard InChI is InChI=1S/C20H28N4O/c1-16(18-4-6-19(25-3)7-5-18)22-15-17-8-9-21-20(14-17)24-12-10-23(2)11-13-24/h4-9,14,16,22H,10-13,15H2,1-3H3/t16-/m0/s1. The molecule has 3 rings (SSSR count). The van der Waals surface area contributed by atoms with Crippen LogP contribution in [0.15, 0.2) is 42.6 Å². The molecule has 5 nitrogen and oxygen atoms in total. The average molecular weight is 340 g/mol. The second kappa shape index (κ2) is 8.32. The third-order valence-electron chi connectivity index (χ3n) is 4.87. The van der Waals surface area contributed by atoms with E-state index < -0.39 is 0 Å². The maximum Gasteiger partial charge on any atom is 0.128 e. The minimum atomic E-state index is 0.283. The van der Waals surface area contributed by atoms with Gasteiger partial charge in [-0.15, -0.1) is 0 Å². The lowest BCUT2D eigenvalue weighted by Gasteiger charge is -2.33. The van der Waals surface area contributed by atoms with Gasteiger partial charge in [0, 0.05) is 45.0 Å². The van der Waals surface area contributed by atoms with Crippen LogP contribution in [-0.2, 0) is 6.54 Å². The Labute approximate surface area is 150 Å². The van der Waals surface area contributed by atoms with Gasteiger partial charge in [0.05, 0.1) is 7.11 Å². The fraction of sp³-hybridized carbons (Fsp3) is 0.450. The number of aromatic nitrogens is 1. The zero-order valence-electron chi connectivity index (χ0n) is 15.4.